The minimum Gasteiger partial charge on any atom is -0.462 e. The molecular weight excluding hydrogens is 1020 g/mol. The molecule has 0 aliphatic heterocycles. The summed E-state index contributed by atoms with van der Waals surface area (Å²) in [5.41, 5.74) is 0. The standard InChI is InChI=1S/C77H134O6/c1-4-7-10-13-16-19-22-25-27-29-31-33-35-37-38-40-41-43-45-47-49-52-55-58-61-64-67-70-76(79)82-73-74(72-81-75(78)69-66-63-60-57-54-51-24-21-18-15-12-9-6-3)83-77(80)71-68-65-62-59-56-53-50-48-46-44-42-39-36-34-32-30-28-26-23-20-17-14-11-8-5-2/h8,11-12,15,17,20-21,24,26,28-29,31-32,34,39,42,74H,4-7,9-10,13-14,16,18-19,22-23,25,27,30,33,35-38,40-41,43-73H2,1-3H3/b11-8-,15-12-,20-17-,24-21-,28-26-,31-29-,34-32-,42-39-. The maximum atomic E-state index is 13.0. The van der Waals surface area contributed by atoms with Gasteiger partial charge in [0.05, 0.1) is 0 Å². The number of hydrogen-bond acceptors (Lipinski definition) is 6. The number of unbranched alkanes of at least 4 members (excludes halogenated alkanes) is 38. The summed E-state index contributed by atoms with van der Waals surface area (Å²) in [6.07, 6.45) is 95.8. The zero-order valence-corrected chi connectivity index (χ0v) is 54.9. The van der Waals surface area contributed by atoms with E-state index in [4.69, 9.17) is 14.2 Å². The Morgan fingerprint density at radius 3 is 0.795 bits per heavy atom. The third-order valence-corrected chi connectivity index (χ3v) is 15.5. The molecule has 0 saturated heterocycles. The first-order valence-corrected chi connectivity index (χ1v) is 35.7. The van der Waals surface area contributed by atoms with Crippen molar-refractivity contribution in [3.63, 3.8) is 0 Å². The lowest BCUT2D eigenvalue weighted by Gasteiger charge is -2.18. The Hall–Kier alpha value is -3.67. The zero-order valence-electron chi connectivity index (χ0n) is 54.9. The minimum atomic E-state index is -0.789. The Bertz CT molecular complexity index is 1610. The third kappa shape index (κ3) is 69.0. The Morgan fingerprint density at radius 2 is 0.494 bits per heavy atom. The van der Waals surface area contributed by atoms with Crippen LogP contribution < -0.4 is 0 Å². The molecule has 0 aliphatic carbocycles. The maximum absolute atomic E-state index is 13.0. The van der Waals surface area contributed by atoms with Gasteiger partial charge in [-0.3, -0.25) is 14.4 Å². The van der Waals surface area contributed by atoms with E-state index >= 15 is 0 Å². The molecule has 0 aromatic rings. The van der Waals surface area contributed by atoms with Crippen LogP contribution in [0.25, 0.3) is 0 Å². The lowest BCUT2D eigenvalue weighted by atomic mass is 10.0. The summed E-state index contributed by atoms with van der Waals surface area (Å²) in [4.78, 5) is 38.4. The van der Waals surface area contributed by atoms with E-state index in [9.17, 15) is 14.4 Å². The van der Waals surface area contributed by atoms with E-state index in [2.05, 4.69) is 118 Å². The fraction of sp³-hybridized carbons (Fsp3) is 0.753. The van der Waals surface area contributed by atoms with Crippen LogP contribution in [0.4, 0.5) is 0 Å². The second-order valence-electron chi connectivity index (χ2n) is 23.8. The van der Waals surface area contributed by atoms with E-state index in [1.54, 1.807) is 0 Å². The van der Waals surface area contributed by atoms with Crippen molar-refractivity contribution < 1.29 is 28.6 Å². The van der Waals surface area contributed by atoms with Crippen molar-refractivity contribution in [2.75, 3.05) is 13.2 Å². The fourth-order valence-electron chi connectivity index (χ4n) is 10.2. The molecule has 0 fully saturated rings. The normalized spacial score (nSPS) is 12.7. The molecule has 6 heteroatoms. The SMILES string of the molecule is CC/C=C\C/C=C\C/C=C\C/C=C\C/C=C\CCCCCCCCCCCC(=O)OC(COC(=O)CCCCCCC/C=C\C/C=C\CCC)COC(=O)CCCCCCCCCCCCCCCCC/C=C\CCCCCCCCCC. The summed E-state index contributed by atoms with van der Waals surface area (Å²) >= 11 is 0. The van der Waals surface area contributed by atoms with E-state index in [0.29, 0.717) is 19.3 Å². The second kappa shape index (κ2) is 70.8. The van der Waals surface area contributed by atoms with Gasteiger partial charge in [0.15, 0.2) is 6.10 Å². The smallest absolute Gasteiger partial charge is 0.306 e. The molecule has 0 saturated carbocycles. The number of ether oxygens (including phenoxy) is 3. The minimum absolute atomic E-state index is 0.0824. The van der Waals surface area contributed by atoms with Crippen LogP contribution in [0.15, 0.2) is 97.2 Å². The van der Waals surface area contributed by atoms with Crippen molar-refractivity contribution in [2.45, 2.75) is 361 Å². The number of carbonyl (C=O) groups is 3. The van der Waals surface area contributed by atoms with Crippen LogP contribution in [-0.4, -0.2) is 37.2 Å². The van der Waals surface area contributed by atoms with Gasteiger partial charge in [0.25, 0.3) is 0 Å². The average molecular weight is 1160 g/mol. The van der Waals surface area contributed by atoms with E-state index in [1.165, 1.54) is 186 Å². The van der Waals surface area contributed by atoms with Crippen LogP contribution >= 0.6 is 0 Å². The van der Waals surface area contributed by atoms with Gasteiger partial charge in [-0.2, -0.15) is 0 Å². The van der Waals surface area contributed by atoms with Crippen LogP contribution in [0.5, 0.6) is 0 Å². The third-order valence-electron chi connectivity index (χ3n) is 15.5. The van der Waals surface area contributed by atoms with Gasteiger partial charge < -0.3 is 14.2 Å². The van der Waals surface area contributed by atoms with Crippen molar-refractivity contribution in [3.05, 3.63) is 97.2 Å². The average Bonchev–Trinajstić information content (AvgIpc) is 3.49. The molecule has 6 nitrogen and oxygen atoms in total. The molecule has 1 atom stereocenters. The summed E-state index contributed by atoms with van der Waals surface area (Å²) in [6.45, 7) is 6.49. The molecule has 478 valence electrons. The molecular formula is C77H134O6. The van der Waals surface area contributed by atoms with Gasteiger partial charge in [0, 0.05) is 19.3 Å². The predicted octanol–water partition coefficient (Wildman–Crippen LogP) is 24.8. The van der Waals surface area contributed by atoms with Crippen molar-refractivity contribution >= 4 is 17.9 Å². The summed E-state index contributed by atoms with van der Waals surface area (Å²) in [5, 5.41) is 0. The second-order valence-corrected chi connectivity index (χ2v) is 23.8. The van der Waals surface area contributed by atoms with Crippen molar-refractivity contribution in [3.8, 4) is 0 Å². The topological polar surface area (TPSA) is 78.9 Å². The van der Waals surface area contributed by atoms with Crippen molar-refractivity contribution in [2.24, 2.45) is 0 Å². The fourth-order valence-corrected chi connectivity index (χ4v) is 10.2. The lowest BCUT2D eigenvalue weighted by Crippen LogP contribution is -2.30. The number of allylic oxidation sites excluding steroid dienone is 16. The highest BCUT2D eigenvalue weighted by molar-refractivity contribution is 5.71. The molecule has 0 amide bonds. The first kappa shape index (κ1) is 79.3. The number of carbonyl (C=O) groups excluding carboxylic acids is 3. The highest BCUT2D eigenvalue weighted by Gasteiger charge is 2.19. The molecule has 1 unspecified atom stereocenters. The molecule has 0 aromatic heterocycles. The number of hydrogen-bond donors (Lipinski definition) is 0. The number of rotatable bonds is 65. The molecule has 0 rings (SSSR count). The van der Waals surface area contributed by atoms with E-state index < -0.39 is 6.10 Å². The molecule has 0 spiro atoms. The molecule has 0 heterocycles. The summed E-state index contributed by atoms with van der Waals surface area (Å²) in [6, 6.07) is 0. The molecule has 0 aliphatic rings. The van der Waals surface area contributed by atoms with E-state index in [0.717, 1.165) is 128 Å². The van der Waals surface area contributed by atoms with E-state index in [1.807, 2.05) is 0 Å². The first-order chi connectivity index (χ1) is 41.0. The highest BCUT2D eigenvalue weighted by atomic mass is 16.6. The summed E-state index contributed by atoms with van der Waals surface area (Å²) < 4.78 is 17.0. The Balaban J connectivity index is 4.27. The molecule has 0 bridgehead atoms. The molecule has 83 heavy (non-hydrogen) atoms. The van der Waals surface area contributed by atoms with Crippen LogP contribution in [-0.2, 0) is 28.6 Å². The van der Waals surface area contributed by atoms with Crippen LogP contribution in [0.3, 0.4) is 0 Å². The van der Waals surface area contributed by atoms with Gasteiger partial charge in [-0.05, 0) is 116 Å². The van der Waals surface area contributed by atoms with Crippen LogP contribution in [0, 0.1) is 0 Å². The van der Waals surface area contributed by atoms with Gasteiger partial charge in [-0.25, -0.2) is 0 Å². The molecule has 0 N–H and O–H groups in total. The Morgan fingerprint density at radius 1 is 0.253 bits per heavy atom. The first-order valence-electron chi connectivity index (χ1n) is 35.7. The summed E-state index contributed by atoms with van der Waals surface area (Å²) in [5.74, 6) is -0.888. The van der Waals surface area contributed by atoms with Crippen LogP contribution in [0.2, 0.25) is 0 Å². The monoisotopic (exact) mass is 1160 g/mol. The zero-order chi connectivity index (χ0) is 59.9. The quantitative estimate of drug-likeness (QED) is 0.0261. The predicted molar refractivity (Wildman–Crippen MR) is 362 cm³/mol. The largest absolute Gasteiger partial charge is 0.462 e. The summed E-state index contributed by atoms with van der Waals surface area (Å²) in [7, 11) is 0. The Labute approximate surface area is 515 Å². The maximum Gasteiger partial charge on any atom is 0.306 e. The van der Waals surface area contributed by atoms with Crippen LogP contribution in [0.1, 0.15) is 355 Å². The lowest BCUT2D eigenvalue weighted by molar-refractivity contribution is -0.167. The molecule has 0 radical (unpaired) electrons. The highest BCUT2D eigenvalue weighted by Crippen LogP contribution is 2.17. The van der Waals surface area contributed by atoms with Gasteiger partial charge in [-0.1, -0.05) is 317 Å². The van der Waals surface area contributed by atoms with E-state index in [-0.39, 0.29) is 31.1 Å². The number of esters is 3. The van der Waals surface area contributed by atoms with Gasteiger partial charge in [0.2, 0.25) is 0 Å². The molecule has 0 aromatic carbocycles. The van der Waals surface area contributed by atoms with Gasteiger partial charge >= 0.3 is 17.9 Å². The van der Waals surface area contributed by atoms with Gasteiger partial charge in [0.1, 0.15) is 13.2 Å². The van der Waals surface area contributed by atoms with Gasteiger partial charge in [-0.15, -0.1) is 0 Å². The Kier molecular flexibility index (Phi) is 67.7. The van der Waals surface area contributed by atoms with Crippen molar-refractivity contribution in [1.82, 2.24) is 0 Å². The van der Waals surface area contributed by atoms with Crippen molar-refractivity contribution in [1.29, 1.82) is 0 Å².